The van der Waals surface area contributed by atoms with E-state index in [1.165, 1.54) is 22.3 Å². The minimum Gasteiger partial charge on any atom is -0.449 e. The number of halogens is 1. The fourth-order valence-corrected chi connectivity index (χ4v) is 3.57. The molecule has 1 amide bonds. The van der Waals surface area contributed by atoms with E-state index < -0.39 is 6.09 Å². The Labute approximate surface area is 168 Å². The highest BCUT2D eigenvalue weighted by atomic mass is 35.5. The van der Waals surface area contributed by atoms with Crippen LogP contribution in [0.2, 0.25) is 5.15 Å². The number of alkyl carbamates (subject to hydrolysis) is 1. The van der Waals surface area contributed by atoms with Crippen molar-refractivity contribution < 1.29 is 9.53 Å². The Kier molecular flexibility index (Phi) is 5.27. The van der Waals surface area contributed by atoms with Crippen LogP contribution in [0.1, 0.15) is 22.6 Å². The monoisotopic (exact) mass is 388 g/mol. The summed E-state index contributed by atoms with van der Waals surface area (Å²) < 4.78 is 5.46. The smallest absolute Gasteiger partial charge is 0.407 e. The van der Waals surface area contributed by atoms with Crippen molar-refractivity contribution in [2.75, 3.05) is 13.2 Å². The van der Waals surface area contributed by atoms with E-state index in [2.05, 4.69) is 46.4 Å². The number of amides is 1. The molecule has 0 atom stereocenters. The number of rotatable bonds is 3. The summed E-state index contributed by atoms with van der Waals surface area (Å²) in [6.45, 7) is 0.476. The van der Waals surface area contributed by atoms with Crippen LogP contribution < -0.4 is 5.32 Å². The number of fused-ring (bicyclic) bond motifs is 3. The van der Waals surface area contributed by atoms with Gasteiger partial charge in [0.1, 0.15) is 11.8 Å². The lowest BCUT2D eigenvalue weighted by molar-refractivity contribution is 0.144. The van der Waals surface area contributed by atoms with E-state index in [0.29, 0.717) is 5.15 Å². The molecule has 0 radical (unpaired) electrons. The molecule has 1 N–H and O–H groups in total. The highest BCUT2D eigenvalue weighted by Crippen LogP contribution is 2.44. The van der Waals surface area contributed by atoms with E-state index >= 15 is 0 Å². The summed E-state index contributed by atoms with van der Waals surface area (Å²) in [5.41, 5.74) is 5.52. The molecule has 0 unspecified atom stereocenters. The maximum Gasteiger partial charge on any atom is 0.407 e. The Hall–Kier alpha value is -3.29. The molecule has 1 aliphatic rings. The van der Waals surface area contributed by atoms with Gasteiger partial charge in [0, 0.05) is 17.7 Å². The number of carbonyl (C=O) groups excluding carboxylic acids is 1. The second kappa shape index (κ2) is 8.16. The topological polar surface area (TPSA) is 51.2 Å². The first-order valence-electron chi connectivity index (χ1n) is 8.91. The second-order valence-electron chi connectivity index (χ2n) is 6.35. The Balaban J connectivity index is 1.35. The van der Waals surface area contributed by atoms with Crippen LogP contribution in [0.25, 0.3) is 11.1 Å². The van der Waals surface area contributed by atoms with Crippen molar-refractivity contribution in [3.63, 3.8) is 0 Å². The summed E-state index contributed by atoms with van der Waals surface area (Å²) in [5, 5.41) is 3.04. The molecule has 28 heavy (non-hydrogen) atoms. The second-order valence-corrected chi connectivity index (χ2v) is 6.74. The zero-order chi connectivity index (χ0) is 19.3. The molecule has 1 heterocycles. The first-order valence-corrected chi connectivity index (χ1v) is 9.29. The number of aromatic nitrogens is 1. The Bertz CT molecular complexity index is 1040. The fourth-order valence-electron chi connectivity index (χ4n) is 3.39. The molecule has 0 saturated heterocycles. The number of ether oxygens (including phenoxy) is 1. The van der Waals surface area contributed by atoms with Gasteiger partial charge >= 0.3 is 6.09 Å². The Morgan fingerprint density at radius 3 is 2.43 bits per heavy atom. The summed E-state index contributed by atoms with van der Waals surface area (Å²) in [7, 11) is 0. The molecule has 4 nitrogen and oxygen atoms in total. The average molecular weight is 389 g/mol. The van der Waals surface area contributed by atoms with Gasteiger partial charge in [-0.05, 0) is 34.4 Å². The number of nitrogens with one attached hydrogen (secondary N) is 1. The Morgan fingerprint density at radius 2 is 1.75 bits per heavy atom. The van der Waals surface area contributed by atoms with Gasteiger partial charge in [0.25, 0.3) is 0 Å². The van der Waals surface area contributed by atoms with Crippen LogP contribution in [0.3, 0.4) is 0 Å². The quantitative estimate of drug-likeness (QED) is 0.526. The SMILES string of the molecule is O=C(NCC#Cc1ccnc(Cl)c1)OCC1c2ccccc2-c2ccccc21. The molecule has 138 valence electrons. The van der Waals surface area contributed by atoms with E-state index in [4.69, 9.17) is 16.3 Å². The molecule has 0 spiro atoms. The largest absolute Gasteiger partial charge is 0.449 e. The predicted octanol–water partition coefficient (Wildman–Crippen LogP) is 4.63. The first-order chi connectivity index (χ1) is 13.7. The van der Waals surface area contributed by atoms with E-state index in [1.54, 1.807) is 18.3 Å². The number of hydrogen-bond donors (Lipinski definition) is 1. The minimum absolute atomic E-state index is 0.0446. The molecule has 2 aromatic carbocycles. The van der Waals surface area contributed by atoms with Crippen LogP contribution in [-0.4, -0.2) is 24.2 Å². The normalized spacial score (nSPS) is 11.8. The summed E-state index contributed by atoms with van der Waals surface area (Å²) in [5.74, 6) is 5.83. The lowest BCUT2D eigenvalue weighted by Crippen LogP contribution is -2.26. The van der Waals surface area contributed by atoms with Gasteiger partial charge in [0.2, 0.25) is 0 Å². The molecular formula is C23H17ClN2O2. The molecule has 1 aliphatic carbocycles. The van der Waals surface area contributed by atoms with Crippen molar-refractivity contribution in [2.45, 2.75) is 5.92 Å². The summed E-state index contributed by atoms with van der Waals surface area (Å²) in [6.07, 6.45) is 1.11. The molecule has 0 fully saturated rings. The minimum atomic E-state index is -0.482. The lowest BCUT2D eigenvalue weighted by Gasteiger charge is -2.14. The van der Waals surface area contributed by atoms with Crippen molar-refractivity contribution in [2.24, 2.45) is 0 Å². The number of nitrogens with zero attached hydrogens (tertiary/aromatic N) is 1. The number of benzene rings is 2. The molecule has 0 aliphatic heterocycles. The van der Waals surface area contributed by atoms with Gasteiger partial charge < -0.3 is 10.1 Å². The van der Waals surface area contributed by atoms with E-state index in [1.807, 2.05) is 24.3 Å². The lowest BCUT2D eigenvalue weighted by atomic mass is 9.98. The maximum atomic E-state index is 12.1. The van der Waals surface area contributed by atoms with Crippen LogP contribution in [0.5, 0.6) is 0 Å². The number of hydrogen-bond acceptors (Lipinski definition) is 3. The molecule has 5 heteroatoms. The van der Waals surface area contributed by atoms with Gasteiger partial charge in [0.15, 0.2) is 0 Å². The van der Waals surface area contributed by atoms with Gasteiger partial charge in [-0.25, -0.2) is 9.78 Å². The highest BCUT2D eigenvalue weighted by Gasteiger charge is 2.28. The summed E-state index contributed by atoms with van der Waals surface area (Å²) >= 11 is 5.81. The molecular weight excluding hydrogens is 372 g/mol. The van der Waals surface area contributed by atoms with Crippen molar-refractivity contribution in [3.05, 3.63) is 88.7 Å². The number of carbonyl (C=O) groups is 1. The average Bonchev–Trinajstić information content (AvgIpc) is 3.04. The van der Waals surface area contributed by atoms with E-state index in [-0.39, 0.29) is 19.1 Å². The highest BCUT2D eigenvalue weighted by molar-refractivity contribution is 6.29. The summed E-state index contributed by atoms with van der Waals surface area (Å²) in [6, 6.07) is 19.9. The molecule has 0 saturated carbocycles. The first kappa shape index (κ1) is 18.1. The third-order valence-electron chi connectivity index (χ3n) is 4.62. The van der Waals surface area contributed by atoms with Crippen molar-refractivity contribution in [1.82, 2.24) is 10.3 Å². The van der Waals surface area contributed by atoms with Crippen molar-refractivity contribution >= 4 is 17.7 Å². The predicted molar refractivity (Wildman–Crippen MR) is 109 cm³/mol. The van der Waals surface area contributed by atoms with Gasteiger partial charge in [-0.15, -0.1) is 0 Å². The standard InChI is InChI=1S/C23H17ClN2O2/c24-22-14-16(11-13-25-22)6-5-12-26-23(27)28-15-21-19-9-3-1-7-17(19)18-8-2-4-10-20(18)21/h1-4,7-11,13-14,21H,12,15H2,(H,26,27). The van der Waals surface area contributed by atoms with E-state index in [0.717, 1.165) is 5.56 Å². The van der Waals surface area contributed by atoms with Crippen molar-refractivity contribution in [3.8, 4) is 23.0 Å². The van der Waals surface area contributed by atoms with Crippen LogP contribution in [0, 0.1) is 11.8 Å². The summed E-state index contributed by atoms with van der Waals surface area (Å²) in [4.78, 5) is 16.0. The maximum absolute atomic E-state index is 12.1. The third kappa shape index (κ3) is 3.85. The van der Waals surface area contributed by atoms with E-state index in [9.17, 15) is 4.79 Å². The van der Waals surface area contributed by atoms with Crippen LogP contribution in [0.15, 0.2) is 66.9 Å². The van der Waals surface area contributed by atoms with Crippen LogP contribution >= 0.6 is 11.6 Å². The van der Waals surface area contributed by atoms with Gasteiger partial charge in [0.05, 0.1) is 6.54 Å². The zero-order valence-electron chi connectivity index (χ0n) is 15.0. The van der Waals surface area contributed by atoms with Crippen molar-refractivity contribution in [1.29, 1.82) is 0 Å². The molecule has 4 rings (SSSR count). The van der Waals surface area contributed by atoms with Gasteiger partial charge in [-0.3, -0.25) is 0 Å². The van der Waals surface area contributed by atoms with Crippen LogP contribution in [0.4, 0.5) is 4.79 Å². The molecule has 0 bridgehead atoms. The number of pyridine rings is 1. The molecule has 3 aromatic rings. The van der Waals surface area contributed by atoms with Crippen LogP contribution in [-0.2, 0) is 4.74 Å². The fraction of sp³-hybridized carbons (Fsp3) is 0.130. The third-order valence-corrected chi connectivity index (χ3v) is 4.83. The van der Waals surface area contributed by atoms with Gasteiger partial charge in [-0.2, -0.15) is 0 Å². The van der Waals surface area contributed by atoms with Gasteiger partial charge in [-0.1, -0.05) is 72.0 Å². The molecule has 1 aromatic heterocycles. The Morgan fingerprint density at radius 1 is 1.07 bits per heavy atom. The zero-order valence-corrected chi connectivity index (χ0v) is 15.7.